The number of rotatable bonds is 5. The van der Waals surface area contributed by atoms with Crippen molar-refractivity contribution in [3.8, 4) is 0 Å². The third kappa shape index (κ3) is 3.86. The molecular formula is C13H15BrN4OS. The van der Waals surface area contributed by atoms with Gasteiger partial charge in [-0.05, 0) is 18.7 Å². The molecule has 0 aliphatic heterocycles. The molecule has 0 spiro atoms. The number of carbonyl (C=O) groups excluding carboxylic acids is 1. The van der Waals surface area contributed by atoms with Crippen LogP contribution in [0.5, 0.6) is 0 Å². The Labute approximate surface area is 129 Å². The number of aromatic nitrogens is 1. The second-order valence-electron chi connectivity index (χ2n) is 4.38. The van der Waals surface area contributed by atoms with Crippen LogP contribution in [0.25, 0.3) is 0 Å². The normalized spacial score (nSPS) is 10.8. The highest BCUT2D eigenvalue weighted by Gasteiger charge is 2.11. The van der Waals surface area contributed by atoms with Crippen LogP contribution in [0.1, 0.15) is 21.1 Å². The SMILES string of the molecule is CN(Cc1csc(C(=O)NN)n1)Cc1ccccc1Br. The molecule has 1 amide bonds. The monoisotopic (exact) mass is 354 g/mol. The molecule has 0 radical (unpaired) electrons. The minimum atomic E-state index is -0.352. The number of halogens is 1. The van der Waals surface area contributed by atoms with Crippen LogP contribution in [0.2, 0.25) is 0 Å². The molecule has 106 valence electrons. The third-order valence-electron chi connectivity index (χ3n) is 2.71. The number of benzene rings is 1. The summed E-state index contributed by atoms with van der Waals surface area (Å²) in [4.78, 5) is 17.7. The van der Waals surface area contributed by atoms with Crippen molar-refractivity contribution in [2.24, 2.45) is 5.84 Å². The zero-order chi connectivity index (χ0) is 14.5. The molecule has 0 fully saturated rings. The van der Waals surface area contributed by atoms with E-state index in [1.54, 1.807) is 0 Å². The summed E-state index contributed by atoms with van der Waals surface area (Å²) in [6, 6.07) is 8.11. The Balaban J connectivity index is 1.98. The van der Waals surface area contributed by atoms with Gasteiger partial charge in [0.15, 0.2) is 5.01 Å². The maximum absolute atomic E-state index is 11.3. The maximum atomic E-state index is 11.3. The van der Waals surface area contributed by atoms with E-state index in [0.29, 0.717) is 11.6 Å². The van der Waals surface area contributed by atoms with E-state index in [2.05, 4.69) is 37.3 Å². The minimum absolute atomic E-state index is 0.352. The van der Waals surface area contributed by atoms with Crippen LogP contribution < -0.4 is 11.3 Å². The van der Waals surface area contributed by atoms with Gasteiger partial charge in [0.2, 0.25) is 0 Å². The molecule has 0 saturated heterocycles. The Hall–Kier alpha value is -1.28. The van der Waals surface area contributed by atoms with Crippen molar-refractivity contribution >= 4 is 33.2 Å². The van der Waals surface area contributed by atoms with Gasteiger partial charge in [-0.3, -0.25) is 15.1 Å². The van der Waals surface area contributed by atoms with Gasteiger partial charge in [0, 0.05) is 22.9 Å². The molecule has 1 heterocycles. The van der Waals surface area contributed by atoms with Gasteiger partial charge in [0.1, 0.15) is 0 Å². The van der Waals surface area contributed by atoms with Crippen molar-refractivity contribution in [2.75, 3.05) is 7.05 Å². The van der Waals surface area contributed by atoms with Crippen LogP contribution >= 0.6 is 27.3 Å². The van der Waals surface area contributed by atoms with Crippen LogP contribution in [0.3, 0.4) is 0 Å². The van der Waals surface area contributed by atoms with E-state index in [-0.39, 0.29) is 5.91 Å². The van der Waals surface area contributed by atoms with Crippen LogP contribution in [-0.4, -0.2) is 22.8 Å². The fraction of sp³-hybridized carbons (Fsp3) is 0.231. The highest BCUT2D eigenvalue weighted by Crippen LogP contribution is 2.18. The lowest BCUT2D eigenvalue weighted by atomic mass is 10.2. The number of hydrazine groups is 1. The van der Waals surface area contributed by atoms with E-state index < -0.39 is 0 Å². The predicted octanol–water partition coefficient (Wildman–Crippen LogP) is 2.14. The summed E-state index contributed by atoms with van der Waals surface area (Å²) in [6.07, 6.45) is 0. The number of amides is 1. The molecule has 1 aromatic carbocycles. The highest BCUT2D eigenvalue weighted by molar-refractivity contribution is 9.10. The Bertz CT molecular complexity index is 602. The third-order valence-corrected chi connectivity index (χ3v) is 4.37. The van der Waals surface area contributed by atoms with Crippen LogP contribution in [-0.2, 0) is 13.1 Å². The smallest absolute Gasteiger partial charge is 0.294 e. The number of thiazole rings is 1. The lowest BCUT2D eigenvalue weighted by Crippen LogP contribution is -2.29. The van der Waals surface area contributed by atoms with Crippen molar-refractivity contribution < 1.29 is 4.79 Å². The van der Waals surface area contributed by atoms with Crippen molar-refractivity contribution in [3.05, 3.63) is 50.4 Å². The van der Waals surface area contributed by atoms with Crippen molar-refractivity contribution in [2.45, 2.75) is 13.1 Å². The molecular weight excluding hydrogens is 340 g/mol. The fourth-order valence-electron chi connectivity index (χ4n) is 1.80. The Morgan fingerprint density at radius 1 is 1.45 bits per heavy atom. The topological polar surface area (TPSA) is 71.2 Å². The largest absolute Gasteiger partial charge is 0.296 e. The molecule has 3 N–H and O–H groups in total. The molecule has 0 aliphatic rings. The number of nitrogens with two attached hydrogens (primary N) is 1. The van der Waals surface area contributed by atoms with Gasteiger partial charge in [-0.2, -0.15) is 0 Å². The van der Waals surface area contributed by atoms with Crippen molar-refractivity contribution in [1.29, 1.82) is 0 Å². The lowest BCUT2D eigenvalue weighted by molar-refractivity contribution is 0.0953. The highest BCUT2D eigenvalue weighted by atomic mass is 79.9. The molecule has 20 heavy (non-hydrogen) atoms. The first-order chi connectivity index (χ1) is 9.60. The van der Waals surface area contributed by atoms with E-state index in [4.69, 9.17) is 5.84 Å². The van der Waals surface area contributed by atoms with Gasteiger partial charge in [-0.1, -0.05) is 34.1 Å². The number of carbonyl (C=O) groups is 1. The summed E-state index contributed by atoms with van der Waals surface area (Å²) in [5.41, 5.74) is 4.16. The van der Waals surface area contributed by atoms with Crippen LogP contribution in [0.4, 0.5) is 0 Å². The average molecular weight is 355 g/mol. The zero-order valence-corrected chi connectivity index (χ0v) is 13.4. The maximum Gasteiger partial charge on any atom is 0.294 e. The Kier molecular flexibility index (Phi) is 5.24. The van der Waals surface area contributed by atoms with Crippen molar-refractivity contribution in [3.63, 3.8) is 0 Å². The molecule has 0 unspecified atom stereocenters. The van der Waals surface area contributed by atoms with Gasteiger partial charge in [0.05, 0.1) is 5.69 Å². The average Bonchev–Trinajstić information content (AvgIpc) is 2.89. The summed E-state index contributed by atoms with van der Waals surface area (Å²) in [7, 11) is 2.02. The van der Waals surface area contributed by atoms with E-state index >= 15 is 0 Å². The van der Waals surface area contributed by atoms with Gasteiger partial charge in [-0.15, -0.1) is 11.3 Å². The molecule has 2 aromatic rings. The minimum Gasteiger partial charge on any atom is -0.296 e. The first-order valence-electron chi connectivity index (χ1n) is 5.97. The summed E-state index contributed by atoms with van der Waals surface area (Å²) >= 11 is 4.83. The number of nitrogen functional groups attached to an aromatic ring is 1. The molecule has 2 rings (SSSR count). The Morgan fingerprint density at radius 2 is 2.20 bits per heavy atom. The quantitative estimate of drug-likeness (QED) is 0.490. The summed E-state index contributed by atoms with van der Waals surface area (Å²) < 4.78 is 1.09. The molecule has 0 saturated carbocycles. The number of nitrogens with zero attached hydrogens (tertiary/aromatic N) is 2. The fourth-order valence-corrected chi connectivity index (χ4v) is 2.92. The lowest BCUT2D eigenvalue weighted by Gasteiger charge is -2.16. The molecule has 1 aromatic heterocycles. The summed E-state index contributed by atoms with van der Waals surface area (Å²) in [6.45, 7) is 1.48. The summed E-state index contributed by atoms with van der Waals surface area (Å²) in [5, 5.41) is 2.26. The van der Waals surface area contributed by atoms with E-state index in [0.717, 1.165) is 16.7 Å². The molecule has 0 aliphatic carbocycles. The van der Waals surface area contributed by atoms with Gasteiger partial charge >= 0.3 is 0 Å². The van der Waals surface area contributed by atoms with Crippen LogP contribution in [0, 0.1) is 0 Å². The molecule has 5 nitrogen and oxygen atoms in total. The van der Waals surface area contributed by atoms with Crippen molar-refractivity contribution in [1.82, 2.24) is 15.3 Å². The zero-order valence-electron chi connectivity index (χ0n) is 11.0. The van der Waals surface area contributed by atoms with Gasteiger partial charge in [-0.25, -0.2) is 10.8 Å². The molecule has 7 heteroatoms. The number of hydrogen-bond acceptors (Lipinski definition) is 5. The van der Waals surface area contributed by atoms with Gasteiger partial charge < -0.3 is 0 Å². The first kappa shape index (κ1) is 15.1. The Morgan fingerprint density at radius 3 is 2.90 bits per heavy atom. The van der Waals surface area contributed by atoms with Crippen LogP contribution in [0.15, 0.2) is 34.1 Å². The summed E-state index contributed by atoms with van der Waals surface area (Å²) in [5.74, 6) is 4.73. The first-order valence-corrected chi connectivity index (χ1v) is 7.64. The standard InChI is InChI=1S/C13H15BrN4OS/c1-18(6-9-4-2-3-5-11(9)14)7-10-8-20-13(16-10)12(19)17-15/h2-5,8H,6-7,15H2,1H3,(H,17,19). The molecule has 0 bridgehead atoms. The number of nitrogens with one attached hydrogen (secondary N) is 1. The van der Waals surface area contributed by atoms with E-state index in [9.17, 15) is 4.79 Å². The van der Waals surface area contributed by atoms with E-state index in [1.807, 2.05) is 30.6 Å². The number of hydrogen-bond donors (Lipinski definition) is 2. The van der Waals surface area contributed by atoms with E-state index in [1.165, 1.54) is 16.9 Å². The second-order valence-corrected chi connectivity index (χ2v) is 6.09. The van der Waals surface area contributed by atoms with Gasteiger partial charge in [0.25, 0.3) is 5.91 Å². The predicted molar refractivity (Wildman–Crippen MR) is 83.1 cm³/mol. The molecule has 0 atom stereocenters. The second kappa shape index (κ2) is 6.94.